The SMILES string of the molecule is CCNC(=NCC(c1cccc(OC)c1)N1CCCC1)NCCCCOCC. The van der Waals surface area contributed by atoms with Crippen molar-refractivity contribution in [1.82, 2.24) is 15.5 Å². The minimum atomic E-state index is 0.283. The minimum absolute atomic E-state index is 0.283. The smallest absolute Gasteiger partial charge is 0.191 e. The fraction of sp³-hybridized carbons (Fsp3) is 0.682. The van der Waals surface area contributed by atoms with Crippen molar-refractivity contribution < 1.29 is 9.47 Å². The molecule has 1 saturated heterocycles. The summed E-state index contributed by atoms with van der Waals surface area (Å²) in [5, 5.41) is 6.83. The molecule has 1 fully saturated rings. The van der Waals surface area contributed by atoms with Crippen LogP contribution < -0.4 is 15.4 Å². The van der Waals surface area contributed by atoms with Crippen LogP contribution in [-0.2, 0) is 4.74 Å². The number of benzene rings is 1. The normalized spacial score (nSPS) is 16.2. The zero-order valence-corrected chi connectivity index (χ0v) is 17.9. The minimum Gasteiger partial charge on any atom is -0.497 e. The zero-order chi connectivity index (χ0) is 20.0. The van der Waals surface area contributed by atoms with Gasteiger partial charge < -0.3 is 20.1 Å². The van der Waals surface area contributed by atoms with Crippen LogP contribution in [0.15, 0.2) is 29.3 Å². The molecule has 158 valence electrons. The standard InChI is InChI=1S/C22H38N4O2/c1-4-23-22(24-13-6-9-16-28-5-2)25-18-21(26-14-7-8-15-26)19-11-10-12-20(17-19)27-3/h10-12,17,21H,4-9,13-16,18H2,1-3H3,(H2,23,24,25). The molecule has 28 heavy (non-hydrogen) atoms. The molecule has 6 nitrogen and oxygen atoms in total. The Morgan fingerprint density at radius 2 is 2.00 bits per heavy atom. The van der Waals surface area contributed by atoms with E-state index in [0.29, 0.717) is 0 Å². The maximum atomic E-state index is 5.44. The number of ether oxygens (including phenoxy) is 2. The van der Waals surface area contributed by atoms with Gasteiger partial charge in [0.25, 0.3) is 0 Å². The van der Waals surface area contributed by atoms with E-state index in [-0.39, 0.29) is 6.04 Å². The Bertz CT molecular complexity index is 573. The van der Waals surface area contributed by atoms with Crippen molar-refractivity contribution in [2.75, 3.05) is 53.0 Å². The highest BCUT2D eigenvalue weighted by atomic mass is 16.5. The van der Waals surface area contributed by atoms with Gasteiger partial charge in [0.1, 0.15) is 5.75 Å². The number of nitrogens with zero attached hydrogens (tertiary/aromatic N) is 2. The van der Waals surface area contributed by atoms with Crippen LogP contribution in [0, 0.1) is 0 Å². The van der Waals surface area contributed by atoms with Crippen LogP contribution in [0.2, 0.25) is 0 Å². The molecule has 2 N–H and O–H groups in total. The van der Waals surface area contributed by atoms with Crippen LogP contribution in [0.3, 0.4) is 0 Å². The Morgan fingerprint density at radius 1 is 1.18 bits per heavy atom. The second-order valence-corrected chi connectivity index (χ2v) is 7.09. The molecule has 0 spiro atoms. The molecular formula is C22H38N4O2. The van der Waals surface area contributed by atoms with Crippen molar-refractivity contribution in [1.29, 1.82) is 0 Å². The number of rotatable bonds is 12. The van der Waals surface area contributed by atoms with E-state index in [1.807, 2.05) is 13.0 Å². The number of methoxy groups -OCH3 is 1. The maximum absolute atomic E-state index is 5.44. The van der Waals surface area contributed by atoms with Crippen molar-refractivity contribution in [3.63, 3.8) is 0 Å². The van der Waals surface area contributed by atoms with Gasteiger partial charge in [-0.3, -0.25) is 9.89 Å². The van der Waals surface area contributed by atoms with E-state index in [1.165, 1.54) is 18.4 Å². The summed E-state index contributed by atoms with van der Waals surface area (Å²) in [4.78, 5) is 7.45. The number of nitrogens with one attached hydrogen (secondary N) is 2. The van der Waals surface area contributed by atoms with Gasteiger partial charge in [0.05, 0.1) is 19.7 Å². The molecule has 0 radical (unpaired) electrons. The lowest BCUT2D eigenvalue weighted by atomic mass is 10.1. The Labute approximate surface area is 170 Å². The summed E-state index contributed by atoms with van der Waals surface area (Å²) in [6.45, 7) is 10.5. The summed E-state index contributed by atoms with van der Waals surface area (Å²) >= 11 is 0. The van der Waals surface area contributed by atoms with Gasteiger partial charge >= 0.3 is 0 Å². The number of hydrogen-bond donors (Lipinski definition) is 2. The molecule has 1 aliphatic rings. The molecule has 1 aromatic carbocycles. The number of unbranched alkanes of at least 4 members (excludes halogenated alkanes) is 1. The number of guanidine groups is 1. The van der Waals surface area contributed by atoms with E-state index in [4.69, 9.17) is 14.5 Å². The Morgan fingerprint density at radius 3 is 2.71 bits per heavy atom. The highest BCUT2D eigenvalue weighted by Crippen LogP contribution is 2.27. The topological polar surface area (TPSA) is 58.1 Å². The number of aliphatic imine (C=N–C) groups is 1. The third kappa shape index (κ3) is 7.68. The first kappa shape index (κ1) is 22.5. The number of likely N-dealkylation sites (tertiary alicyclic amines) is 1. The van der Waals surface area contributed by atoms with Crippen molar-refractivity contribution in [2.24, 2.45) is 4.99 Å². The maximum Gasteiger partial charge on any atom is 0.191 e. The van der Waals surface area contributed by atoms with Gasteiger partial charge in [-0.2, -0.15) is 0 Å². The van der Waals surface area contributed by atoms with Crippen LogP contribution >= 0.6 is 0 Å². The lowest BCUT2D eigenvalue weighted by Gasteiger charge is -2.27. The average molecular weight is 391 g/mol. The van der Waals surface area contributed by atoms with Gasteiger partial charge in [0, 0.05) is 26.3 Å². The van der Waals surface area contributed by atoms with Crippen LogP contribution in [0.1, 0.15) is 51.1 Å². The first-order valence-electron chi connectivity index (χ1n) is 10.8. The van der Waals surface area contributed by atoms with Gasteiger partial charge in [-0.15, -0.1) is 0 Å². The summed E-state index contributed by atoms with van der Waals surface area (Å²) in [6.07, 6.45) is 4.68. The predicted molar refractivity (Wildman–Crippen MR) is 116 cm³/mol. The van der Waals surface area contributed by atoms with Crippen molar-refractivity contribution >= 4 is 5.96 Å². The molecule has 0 aromatic heterocycles. The van der Waals surface area contributed by atoms with E-state index in [1.54, 1.807) is 7.11 Å². The molecular weight excluding hydrogens is 352 g/mol. The summed E-state index contributed by atoms with van der Waals surface area (Å²) in [7, 11) is 1.72. The third-order valence-electron chi connectivity index (χ3n) is 5.04. The van der Waals surface area contributed by atoms with Gasteiger partial charge in [0.2, 0.25) is 0 Å². The summed E-state index contributed by atoms with van der Waals surface area (Å²) in [5.41, 5.74) is 1.28. The second-order valence-electron chi connectivity index (χ2n) is 7.09. The molecule has 6 heteroatoms. The van der Waals surface area contributed by atoms with Crippen LogP contribution in [0.25, 0.3) is 0 Å². The van der Waals surface area contributed by atoms with Gasteiger partial charge in [0.15, 0.2) is 5.96 Å². The Hall–Kier alpha value is -1.79. The molecule has 1 atom stereocenters. The van der Waals surface area contributed by atoms with Crippen molar-refractivity contribution in [3.05, 3.63) is 29.8 Å². The van der Waals surface area contributed by atoms with E-state index in [0.717, 1.165) is 70.5 Å². The Balaban J connectivity index is 1.99. The summed E-state index contributed by atoms with van der Waals surface area (Å²) < 4.78 is 10.8. The van der Waals surface area contributed by atoms with Crippen LogP contribution in [0.4, 0.5) is 0 Å². The van der Waals surface area contributed by atoms with Crippen LogP contribution in [0.5, 0.6) is 5.75 Å². The molecule has 0 aliphatic carbocycles. The molecule has 1 aromatic rings. The first-order chi connectivity index (χ1) is 13.8. The summed E-state index contributed by atoms with van der Waals surface area (Å²) in [6, 6.07) is 8.69. The van der Waals surface area contributed by atoms with E-state index >= 15 is 0 Å². The van der Waals surface area contributed by atoms with Gasteiger partial charge in [-0.25, -0.2) is 0 Å². The molecule has 1 unspecified atom stereocenters. The summed E-state index contributed by atoms with van der Waals surface area (Å²) in [5.74, 6) is 1.80. The molecule has 0 amide bonds. The third-order valence-corrected chi connectivity index (χ3v) is 5.04. The number of hydrogen-bond acceptors (Lipinski definition) is 4. The van der Waals surface area contributed by atoms with Gasteiger partial charge in [-0.05, 0) is 70.3 Å². The van der Waals surface area contributed by atoms with Crippen LogP contribution in [-0.4, -0.2) is 63.9 Å². The Kier molecular flexibility index (Phi) is 10.8. The zero-order valence-electron chi connectivity index (χ0n) is 17.9. The average Bonchev–Trinajstić information content (AvgIpc) is 3.25. The monoisotopic (exact) mass is 390 g/mol. The quantitative estimate of drug-likeness (QED) is 0.326. The second kappa shape index (κ2) is 13.4. The van der Waals surface area contributed by atoms with Crippen molar-refractivity contribution in [3.8, 4) is 5.75 Å². The lowest BCUT2D eigenvalue weighted by molar-refractivity contribution is 0.143. The van der Waals surface area contributed by atoms with E-state index < -0.39 is 0 Å². The highest BCUT2D eigenvalue weighted by molar-refractivity contribution is 5.79. The first-order valence-corrected chi connectivity index (χ1v) is 10.8. The fourth-order valence-corrected chi connectivity index (χ4v) is 3.53. The predicted octanol–water partition coefficient (Wildman–Crippen LogP) is 3.20. The molecule has 1 aliphatic heterocycles. The van der Waals surface area contributed by atoms with Gasteiger partial charge in [-0.1, -0.05) is 12.1 Å². The molecule has 1 heterocycles. The molecule has 2 rings (SSSR count). The molecule has 0 saturated carbocycles. The largest absolute Gasteiger partial charge is 0.497 e. The highest BCUT2D eigenvalue weighted by Gasteiger charge is 2.23. The van der Waals surface area contributed by atoms with E-state index in [9.17, 15) is 0 Å². The molecule has 0 bridgehead atoms. The lowest BCUT2D eigenvalue weighted by Crippen LogP contribution is -2.39. The fourth-order valence-electron chi connectivity index (χ4n) is 3.53. The van der Waals surface area contributed by atoms with Crippen molar-refractivity contribution in [2.45, 2.75) is 45.6 Å². The van der Waals surface area contributed by atoms with E-state index in [2.05, 4.69) is 40.7 Å².